The van der Waals surface area contributed by atoms with Crippen molar-refractivity contribution in [2.75, 3.05) is 6.54 Å². The fourth-order valence-electron chi connectivity index (χ4n) is 4.03. The molecule has 3 heteroatoms. The molecule has 3 aromatic carbocycles. The van der Waals surface area contributed by atoms with Crippen LogP contribution in [0.15, 0.2) is 84.9 Å². The van der Waals surface area contributed by atoms with Gasteiger partial charge in [-0.05, 0) is 23.6 Å². The minimum absolute atomic E-state index is 0.0943. The van der Waals surface area contributed by atoms with Crippen LogP contribution in [0.2, 0.25) is 0 Å². The van der Waals surface area contributed by atoms with Crippen molar-refractivity contribution in [2.45, 2.75) is 25.6 Å². The number of carbonyl (C=O) groups is 1. The molecule has 1 N–H and O–H groups in total. The molecule has 1 amide bonds. The third-order valence-corrected chi connectivity index (χ3v) is 5.23. The van der Waals surface area contributed by atoms with Crippen LogP contribution in [-0.4, -0.2) is 17.4 Å². The van der Waals surface area contributed by atoms with E-state index in [9.17, 15) is 4.79 Å². The van der Waals surface area contributed by atoms with E-state index in [1.165, 1.54) is 5.56 Å². The van der Waals surface area contributed by atoms with Crippen molar-refractivity contribution in [3.8, 4) is 0 Å². The summed E-state index contributed by atoms with van der Waals surface area (Å²) in [4.78, 5) is 15.3. The molecular formula is C24H24N2O. The Labute approximate surface area is 160 Å². The lowest BCUT2D eigenvalue weighted by atomic mass is 9.90. The molecule has 27 heavy (non-hydrogen) atoms. The zero-order valence-electron chi connectivity index (χ0n) is 15.6. The highest BCUT2D eigenvalue weighted by Crippen LogP contribution is 2.42. The monoisotopic (exact) mass is 356 g/mol. The van der Waals surface area contributed by atoms with Crippen LogP contribution in [0.3, 0.4) is 0 Å². The minimum Gasteiger partial charge on any atom is -0.312 e. The molecule has 1 unspecified atom stereocenters. The van der Waals surface area contributed by atoms with Crippen molar-refractivity contribution in [2.24, 2.45) is 0 Å². The lowest BCUT2D eigenvalue weighted by Crippen LogP contribution is -2.54. The Bertz CT molecular complexity index is 923. The molecule has 1 aliphatic rings. The number of carbonyl (C=O) groups excluding carboxylic acids is 1. The second-order valence-corrected chi connectivity index (χ2v) is 6.92. The lowest BCUT2D eigenvalue weighted by Gasteiger charge is -2.41. The molecule has 3 nitrogen and oxygen atoms in total. The van der Waals surface area contributed by atoms with Gasteiger partial charge in [0.1, 0.15) is 5.66 Å². The SMILES string of the molecule is CCCN1C(=O)c2ccccc2C1(NCc1ccccc1)c1ccccc1. The van der Waals surface area contributed by atoms with Gasteiger partial charge in [0.2, 0.25) is 0 Å². The summed E-state index contributed by atoms with van der Waals surface area (Å²) in [6, 6.07) is 28.6. The van der Waals surface area contributed by atoms with Crippen LogP contribution in [0, 0.1) is 0 Å². The quantitative estimate of drug-likeness (QED) is 0.703. The number of fused-ring (bicyclic) bond motifs is 1. The van der Waals surface area contributed by atoms with E-state index in [-0.39, 0.29) is 5.91 Å². The predicted molar refractivity (Wildman–Crippen MR) is 108 cm³/mol. The van der Waals surface area contributed by atoms with E-state index in [0.717, 1.165) is 23.1 Å². The first-order valence-electron chi connectivity index (χ1n) is 9.53. The molecule has 136 valence electrons. The molecule has 0 radical (unpaired) electrons. The van der Waals surface area contributed by atoms with Crippen LogP contribution < -0.4 is 5.32 Å². The van der Waals surface area contributed by atoms with Gasteiger partial charge >= 0.3 is 0 Å². The van der Waals surface area contributed by atoms with Crippen molar-refractivity contribution in [1.29, 1.82) is 0 Å². The lowest BCUT2D eigenvalue weighted by molar-refractivity contribution is 0.0547. The summed E-state index contributed by atoms with van der Waals surface area (Å²) in [5.74, 6) is 0.0943. The molecule has 1 aliphatic heterocycles. The first-order chi connectivity index (χ1) is 13.3. The molecule has 0 aromatic heterocycles. The third-order valence-electron chi connectivity index (χ3n) is 5.23. The molecule has 1 atom stereocenters. The average Bonchev–Trinajstić information content (AvgIpc) is 2.98. The molecule has 0 saturated heterocycles. The Morgan fingerprint density at radius 2 is 1.48 bits per heavy atom. The Balaban J connectivity index is 1.87. The summed E-state index contributed by atoms with van der Waals surface area (Å²) in [5, 5.41) is 3.75. The maximum atomic E-state index is 13.3. The molecular weight excluding hydrogens is 332 g/mol. The van der Waals surface area contributed by atoms with Crippen molar-refractivity contribution < 1.29 is 4.79 Å². The van der Waals surface area contributed by atoms with Gasteiger partial charge in [-0.15, -0.1) is 0 Å². The van der Waals surface area contributed by atoms with Gasteiger partial charge in [0.25, 0.3) is 5.91 Å². The predicted octanol–water partition coefficient (Wildman–Crippen LogP) is 4.54. The summed E-state index contributed by atoms with van der Waals surface area (Å²) in [6.45, 7) is 3.49. The van der Waals surface area contributed by atoms with Crippen LogP contribution in [0.4, 0.5) is 0 Å². The number of hydrogen-bond donors (Lipinski definition) is 1. The first kappa shape index (κ1) is 17.5. The van der Waals surface area contributed by atoms with E-state index < -0.39 is 5.66 Å². The van der Waals surface area contributed by atoms with Crippen molar-refractivity contribution in [1.82, 2.24) is 10.2 Å². The third kappa shape index (κ3) is 2.94. The number of amides is 1. The second-order valence-electron chi connectivity index (χ2n) is 6.92. The molecule has 0 aliphatic carbocycles. The van der Waals surface area contributed by atoms with Crippen molar-refractivity contribution in [3.05, 3.63) is 107 Å². The van der Waals surface area contributed by atoms with E-state index in [4.69, 9.17) is 0 Å². The zero-order valence-corrected chi connectivity index (χ0v) is 15.6. The summed E-state index contributed by atoms with van der Waals surface area (Å²) in [6.07, 6.45) is 0.904. The van der Waals surface area contributed by atoms with E-state index in [2.05, 4.69) is 42.6 Å². The topological polar surface area (TPSA) is 32.3 Å². The van der Waals surface area contributed by atoms with E-state index in [1.54, 1.807) is 0 Å². The van der Waals surface area contributed by atoms with Gasteiger partial charge in [-0.1, -0.05) is 85.8 Å². The summed E-state index contributed by atoms with van der Waals surface area (Å²) >= 11 is 0. The van der Waals surface area contributed by atoms with E-state index in [1.807, 2.05) is 59.5 Å². The van der Waals surface area contributed by atoms with Crippen molar-refractivity contribution >= 4 is 5.91 Å². The Morgan fingerprint density at radius 1 is 0.852 bits per heavy atom. The van der Waals surface area contributed by atoms with Crippen LogP contribution in [-0.2, 0) is 12.2 Å². The molecule has 0 fully saturated rings. The Kier molecular flexibility index (Phi) is 4.78. The molecule has 0 saturated carbocycles. The minimum atomic E-state index is -0.652. The van der Waals surface area contributed by atoms with E-state index >= 15 is 0 Å². The number of hydrogen-bond acceptors (Lipinski definition) is 2. The largest absolute Gasteiger partial charge is 0.312 e. The van der Waals surface area contributed by atoms with Gasteiger partial charge in [0.05, 0.1) is 0 Å². The smallest absolute Gasteiger partial charge is 0.256 e. The Hall–Kier alpha value is -2.91. The molecule has 0 bridgehead atoms. The fraction of sp³-hybridized carbons (Fsp3) is 0.208. The maximum absolute atomic E-state index is 13.3. The molecule has 3 aromatic rings. The van der Waals surface area contributed by atoms with Crippen LogP contribution in [0.5, 0.6) is 0 Å². The number of rotatable bonds is 6. The van der Waals surface area contributed by atoms with Gasteiger partial charge in [0, 0.05) is 24.2 Å². The zero-order chi connectivity index (χ0) is 18.7. The highest BCUT2D eigenvalue weighted by atomic mass is 16.2. The molecule has 0 spiro atoms. The summed E-state index contributed by atoms with van der Waals surface area (Å²) < 4.78 is 0. The van der Waals surface area contributed by atoms with Gasteiger partial charge in [0.15, 0.2) is 0 Å². The summed E-state index contributed by atoms with van der Waals surface area (Å²) in [7, 11) is 0. The Morgan fingerprint density at radius 3 is 2.19 bits per heavy atom. The first-order valence-corrected chi connectivity index (χ1v) is 9.53. The molecule has 4 rings (SSSR count). The van der Waals surface area contributed by atoms with Gasteiger partial charge in [-0.3, -0.25) is 10.1 Å². The number of nitrogens with one attached hydrogen (secondary N) is 1. The van der Waals surface area contributed by atoms with Crippen LogP contribution in [0.1, 0.15) is 40.4 Å². The van der Waals surface area contributed by atoms with Crippen molar-refractivity contribution in [3.63, 3.8) is 0 Å². The normalized spacial score (nSPS) is 18.6. The summed E-state index contributed by atoms with van der Waals surface area (Å²) in [5.41, 5.74) is 3.45. The van der Waals surface area contributed by atoms with Gasteiger partial charge in [-0.25, -0.2) is 0 Å². The average molecular weight is 356 g/mol. The standard InChI is InChI=1S/C24H24N2O/c1-2-17-26-23(27)21-15-9-10-16-22(21)24(26,20-13-7-4-8-14-20)25-18-19-11-5-3-6-12-19/h3-16,25H,2,17-18H2,1H3. The number of benzene rings is 3. The fourth-order valence-corrected chi connectivity index (χ4v) is 4.03. The van der Waals surface area contributed by atoms with E-state index in [0.29, 0.717) is 13.1 Å². The number of nitrogens with zero attached hydrogens (tertiary/aromatic N) is 1. The maximum Gasteiger partial charge on any atom is 0.256 e. The highest BCUT2D eigenvalue weighted by Gasteiger charge is 2.50. The second kappa shape index (κ2) is 7.37. The van der Waals surface area contributed by atoms with Crippen LogP contribution >= 0.6 is 0 Å². The highest BCUT2D eigenvalue weighted by molar-refractivity contribution is 6.00. The van der Waals surface area contributed by atoms with Crippen LogP contribution in [0.25, 0.3) is 0 Å². The van der Waals surface area contributed by atoms with Gasteiger partial charge in [-0.2, -0.15) is 0 Å². The molecule has 1 heterocycles. The van der Waals surface area contributed by atoms with Gasteiger partial charge < -0.3 is 4.90 Å².